The number of rotatable bonds is 2. The standard InChI is InChI=1S/C20H12BrNO2/c21-17-7-3-6-16-18(22-24-20(16)19(17)23)11-9-13-8-10-14-4-1-2-5-15(14)12-13/h1-12H/b11-9+. The van der Waals surface area contributed by atoms with Crippen molar-refractivity contribution in [3.8, 4) is 0 Å². The minimum atomic E-state index is -0.201. The van der Waals surface area contributed by atoms with Crippen LogP contribution in [0.25, 0.3) is 33.9 Å². The van der Waals surface area contributed by atoms with E-state index in [1.165, 1.54) is 10.8 Å². The fourth-order valence-electron chi connectivity index (χ4n) is 2.65. The van der Waals surface area contributed by atoms with Crippen LogP contribution in [0.5, 0.6) is 0 Å². The van der Waals surface area contributed by atoms with Gasteiger partial charge in [0, 0.05) is 0 Å². The van der Waals surface area contributed by atoms with Crippen molar-refractivity contribution in [2.24, 2.45) is 0 Å². The molecule has 1 heterocycles. The molecule has 4 heteroatoms. The van der Waals surface area contributed by atoms with E-state index in [1.807, 2.05) is 30.4 Å². The second kappa shape index (κ2) is 6.06. The molecule has 0 aliphatic rings. The number of aromatic nitrogens is 1. The van der Waals surface area contributed by atoms with Crippen molar-refractivity contribution in [1.29, 1.82) is 0 Å². The van der Waals surface area contributed by atoms with Gasteiger partial charge in [-0.1, -0.05) is 53.7 Å². The maximum Gasteiger partial charge on any atom is 0.238 e. The van der Waals surface area contributed by atoms with Crippen LogP contribution in [0, 0.1) is 0 Å². The van der Waals surface area contributed by atoms with Crippen molar-refractivity contribution in [1.82, 2.24) is 5.16 Å². The number of hydrogen-bond donors (Lipinski definition) is 0. The van der Waals surface area contributed by atoms with Gasteiger partial charge in [-0.3, -0.25) is 4.79 Å². The zero-order valence-corrected chi connectivity index (χ0v) is 14.2. The van der Waals surface area contributed by atoms with E-state index >= 15 is 0 Å². The molecule has 4 aromatic rings. The topological polar surface area (TPSA) is 43.1 Å². The third-order valence-electron chi connectivity index (χ3n) is 3.89. The van der Waals surface area contributed by atoms with Crippen molar-refractivity contribution in [3.63, 3.8) is 0 Å². The summed E-state index contributed by atoms with van der Waals surface area (Å²) in [6, 6.07) is 19.8. The molecule has 0 unspecified atom stereocenters. The lowest BCUT2D eigenvalue weighted by molar-refractivity contribution is 0.453. The summed E-state index contributed by atoms with van der Waals surface area (Å²) in [6.07, 6.45) is 3.83. The van der Waals surface area contributed by atoms with Gasteiger partial charge in [-0.05, 0) is 56.5 Å². The second-order valence-corrected chi connectivity index (χ2v) is 6.31. The molecule has 0 aliphatic carbocycles. The summed E-state index contributed by atoms with van der Waals surface area (Å²) in [5.74, 6) is 0. The number of benzene rings is 2. The lowest BCUT2D eigenvalue weighted by Gasteiger charge is -1.98. The van der Waals surface area contributed by atoms with Gasteiger partial charge in [0.1, 0.15) is 5.69 Å². The first-order valence-electron chi connectivity index (χ1n) is 7.47. The zero-order chi connectivity index (χ0) is 16.5. The number of hydrogen-bond acceptors (Lipinski definition) is 3. The fraction of sp³-hybridized carbons (Fsp3) is 0. The van der Waals surface area contributed by atoms with Crippen LogP contribution in [0.1, 0.15) is 11.3 Å². The Kier molecular flexibility index (Phi) is 3.75. The molecule has 0 spiro atoms. The Bertz CT molecular complexity index is 1150. The van der Waals surface area contributed by atoms with Gasteiger partial charge in [0.15, 0.2) is 0 Å². The van der Waals surface area contributed by atoms with E-state index in [0.29, 0.717) is 15.6 Å². The van der Waals surface area contributed by atoms with Crippen LogP contribution in [0.3, 0.4) is 0 Å². The highest BCUT2D eigenvalue weighted by atomic mass is 79.9. The molecule has 3 aromatic carbocycles. The van der Waals surface area contributed by atoms with E-state index in [1.54, 1.807) is 12.1 Å². The number of fused-ring (bicyclic) bond motifs is 2. The van der Waals surface area contributed by atoms with Gasteiger partial charge in [-0.15, -0.1) is 0 Å². The van der Waals surface area contributed by atoms with E-state index in [9.17, 15) is 4.79 Å². The lowest BCUT2D eigenvalue weighted by atomic mass is 10.1. The number of halogens is 1. The third kappa shape index (κ3) is 2.65. The Morgan fingerprint density at radius 2 is 1.75 bits per heavy atom. The van der Waals surface area contributed by atoms with Crippen LogP contribution in [0.4, 0.5) is 0 Å². The first-order valence-corrected chi connectivity index (χ1v) is 8.27. The van der Waals surface area contributed by atoms with Gasteiger partial charge in [0.2, 0.25) is 11.0 Å². The average Bonchev–Trinajstić information content (AvgIpc) is 2.95. The maximum atomic E-state index is 12.2. The molecule has 4 rings (SSSR count). The molecular formula is C20H12BrNO2. The molecule has 0 amide bonds. The van der Waals surface area contributed by atoms with E-state index in [0.717, 1.165) is 5.56 Å². The normalized spacial score (nSPS) is 11.5. The van der Waals surface area contributed by atoms with Crippen LogP contribution < -0.4 is 5.43 Å². The van der Waals surface area contributed by atoms with Crippen LogP contribution in [-0.4, -0.2) is 5.16 Å². The van der Waals surface area contributed by atoms with Gasteiger partial charge >= 0.3 is 0 Å². The van der Waals surface area contributed by atoms with Gasteiger partial charge in [-0.25, -0.2) is 0 Å². The Morgan fingerprint density at radius 3 is 2.62 bits per heavy atom. The predicted octanol–water partition coefficient (Wildman–Crippen LogP) is 5.27. The molecule has 0 N–H and O–H groups in total. The Balaban J connectivity index is 1.78. The molecule has 116 valence electrons. The predicted molar refractivity (Wildman–Crippen MR) is 101 cm³/mol. The Labute approximate surface area is 146 Å². The zero-order valence-electron chi connectivity index (χ0n) is 12.6. The van der Waals surface area contributed by atoms with Crippen molar-refractivity contribution in [2.45, 2.75) is 0 Å². The summed E-state index contributed by atoms with van der Waals surface area (Å²) in [5.41, 5.74) is 1.75. The highest BCUT2D eigenvalue weighted by Gasteiger charge is 2.09. The summed E-state index contributed by atoms with van der Waals surface area (Å²) in [6.45, 7) is 0. The minimum Gasteiger partial charge on any atom is -0.351 e. The summed E-state index contributed by atoms with van der Waals surface area (Å²) in [5, 5.41) is 7.10. The van der Waals surface area contributed by atoms with E-state index < -0.39 is 0 Å². The molecule has 0 bridgehead atoms. The van der Waals surface area contributed by atoms with Crippen molar-refractivity contribution < 1.29 is 4.52 Å². The first kappa shape index (κ1) is 14.8. The summed E-state index contributed by atoms with van der Waals surface area (Å²) in [7, 11) is 0. The SMILES string of the molecule is O=c1c(Br)cccc2c(/C=C/c3ccc4ccccc4c3)noc12. The molecule has 24 heavy (non-hydrogen) atoms. The smallest absolute Gasteiger partial charge is 0.238 e. The highest BCUT2D eigenvalue weighted by molar-refractivity contribution is 9.10. The Hall–Kier alpha value is -2.72. The van der Waals surface area contributed by atoms with Crippen molar-refractivity contribution in [2.75, 3.05) is 0 Å². The van der Waals surface area contributed by atoms with E-state index in [2.05, 4.69) is 51.4 Å². The molecular weight excluding hydrogens is 366 g/mol. The van der Waals surface area contributed by atoms with E-state index in [-0.39, 0.29) is 11.0 Å². The maximum absolute atomic E-state index is 12.2. The molecule has 0 saturated carbocycles. The minimum absolute atomic E-state index is 0.201. The second-order valence-electron chi connectivity index (χ2n) is 5.45. The van der Waals surface area contributed by atoms with E-state index in [4.69, 9.17) is 4.52 Å². The average molecular weight is 378 g/mol. The molecule has 0 aliphatic heterocycles. The molecule has 0 atom stereocenters. The van der Waals surface area contributed by atoms with Crippen LogP contribution in [-0.2, 0) is 0 Å². The molecule has 0 fully saturated rings. The van der Waals surface area contributed by atoms with Crippen LogP contribution in [0.2, 0.25) is 0 Å². The monoisotopic (exact) mass is 377 g/mol. The van der Waals surface area contributed by atoms with Crippen LogP contribution >= 0.6 is 15.9 Å². The molecule has 3 nitrogen and oxygen atoms in total. The summed E-state index contributed by atoms with van der Waals surface area (Å²) in [4.78, 5) is 12.2. The third-order valence-corrected chi connectivity index (χ3v) is 4.52. The molecule has 0 radical (unpaired) electrons. The van der Waals surface area contributed by atoms with Gasteiger partial charge in [0.25, 0.3) is 0 Å². The van der Waals surface area contributed by atoms with Gasteiger partial charge < -0.3 is 4.52 Å². The quantitative estimate of drug-likeness (QED) is 0.477. The first-order chi connectivity index (χ1) is 11.7. The fourth-order valence-corrected chi connectivity index (χ4v) is 2.99. The van der Waals surface area contributed by atoms with Crippen molar-refractivity contribution in [3.05, 3.63) is 86.6 Å². The Morgan fingerprint density at radius 1 is 0.917 bits per heavy atom. The largest absolute Gasteiger partial charge is 0.351 e. The highest BCUT2D eigenvalue weighted by Crippen LogP contribution is 2.20. The molecule has 1 aromatic heterocycles. The van der Waals surface area contributed by atoms with Gasteiger partial charge in [-0.2, -0.15) is 0 Å². The van der Waals surface area contributed by atoms with Crippen LogP contribution in [0.15, 0.2) is 74.5 Å². The molecule has 0 saturated heterocycles. The van der Waals surface area contributed by atoms with Gasteiger partial charge in [0.05, 0.1) is 9.86 Å². The summed E-state index contributed by atoms with van der Waals surface area (Å²) >= 11 is 3.24. The lowest BCUT2D eigenvalue weighted by Crippen LogP contribution is -1.96. The summed E-state index contributed by atoms with van der Waals surface area (Å²) < 4.78 is 5.69. The number of nitrogens with zero attached hydrogens (tertiary/aromatic N) is 1. The van der Waals surface area contributed by atoms with Crippen molar-refractivity contribution >= 4 is 49.8 Å².